The van der Waals surface area contributed by atoms with E-state index in [0.717, 1.165) is 5.69 Å². The molecule has 0 aliphatic rings. The molecule has 0 fully saturated rings. The summed E-state index contributed by atoms with van der Waals surface area (Å²) < 4.78 is 1.92. The van der Waals surface area contributed by atoms with Crippen molar-refractivity contribution in [1.82, 2.24) is 14.7 Å². The molecule has 0 spiro atoms. The molecule has 1 atom stereocenters. The minimum absolute atomic E-state index is 0.137. The van der Waals surface area contributed by atoms with Crippen LogP contribution < -0.4 is 0 Å². The molecule has 0 saturated heterocycles. The van der Waals surface area contributed by atoms with Crippen LogP contribution >= 0.6 is 0 Å². The van der Waals surface area contributed by atoms with Crippen molar-refractivity contribution in [2.45, 2.75) is 53.0 Å². The lowest BCUT2D eigenvalue weighted by atomic mass is 10.1. The van der Waals surface area contributed by atoms with Crippen molar-refractivity contribution >= 4 is 5.91 Å². The van der Waals surface area contributed by atoms with Gasteiger partial charge in [-0.2, -0.15) is 10.4 Å². The van der Waals surface area contributed by atoms with E-state index in [0.29, 0.717) is 18.2 Å². The first-order valence-electron chi connectivity index (χ1n) is 7.33. The molecule has 5 nitrogen and oxygen atoms in total. The van der Waals surface area contributed by atoms with Crippen LogP contribution in [0.2, 0.25) is 0 Å². The molecule has 0 saturated carbocycles. The Morgan fingerprint density at radius 2 is 2.00 bits per heavy atom. The van der Waals surface area contributed by atoms with E-state index < -0.39 is 0 Å². The van der Waals surface area contributed by atoms with Crippen LogP contribution in [-0.2, 0) is 5.54 Å². The van der Waals surface area contributed by atoms with Crippen molar-refractivity contribution in [3.63, 3.8) is 0 Å². The summed E-state index contributed by atoms with van der Waals surface area (Å²) in [4.78, 5) is 14.0. The number of carbonyl (C=O) groups is 1. The van der Waals surface area contributed by atoms with E-state index in [-0.39, 0.29) is 17.4 Å². The van der Waals surface area contributed by atoms with Crippen molar-refractivity contribution in [3.8, 4) is 6.07 Å². The maximum absolute atomic E-state index is 12.5. The number of nitriles is 1. The lowest BCUT2D eigenvalue weighted by Gasteiger charge is -2.23. The summed E-state index contributed by atoms with van der Waals surface area (Å²) in [6.45, 7) is 12.6. The standard InChI is InChI=1S/C16H26N4O/c1-11(2)14-8-13(18-20(14)16(4,5)6)15(21)19(7)10-12(3)9-17/h8,11-12H,10H2,1-7H3/t12-/m1/s1. The first-order valence-corrected chi connectivity index (χ1v) is 7.33. The van der Waals surface area contributed by atoms with E-state index in [2.05, 4.69) is 45.8 Å². The van der Waals surface area contributed by atoms with E-state index in [1.165, 1.54) is 0 Å². The minimum atomic E-state index is -0.187. The fourth-order valence-electron chi connectivity index (χ4n) is 2.18. The fourth-order valence-corrected chi connectivity index (χ4v) is 2.18. The van der Waals surface area contributed by atoms with Gasteiger partial charge >= 0.3 is 0 Å². The molecule has 0 radical (unpaired) electrons. The van der Waals surface area contributed by atoms with Crippen LogP contribution in [0, 0.1) is 17.2 Å². The Bertz CT molecular complexity index is 546. The van der Waals surface area contributed by atoms with E-state index in [4.69, 9.17) is 5.26 Å². The van der Waals surface area contributed by atoms with Gasteiger partial charge in [0.1, 0.15) is 0 Å². The van der Waals surface area contributed by atoms with Gasteiger partial charge < -0.3 is 4.90 Å². The van der Waals surface area contributed by atoms with Crippen LogP contribution in [0.15, 0.2) is 6.07 Å². The topological polar surface area (TPSA) is 61.9 Å². The third-order valence-electron chi connectivity index (χ3n) is 3.30. The maximum Gasteiger partial charge on any atom is 0.274 e. The predicted molar refractivity (Wildman–Crippen MR) is 83.0 cm³/mol. The van der Waals surface area contributed by atoms with Crippen molar-refractivity contribution in [1.29, 1.82) is 5.26 Å². The van der Waals surface area contributed by atoms with Crippen LogP contribution in [0.4, 0.5) is 0 Å². The summed E-state index contributed by atoms with van der Waals surface area (Å²) in [6.07, 6.45) is 0. The molecule has 1 amide bonds. The third kappa shape index (κ3) is 4.07. The second kappa shape index (κ2) is 6.30. The molecule has 0 aliphatic carbocycles. The summed E-state index contributed by atoms with van der Waals surface area (Å²) >= 11 is 0. The predicted octanol–water partition coefficient (Wildman–Crippen LogP) is 2.99. The van der Waals surface area contributed by atoms with Crippen LogP contribution in [-0.4, -0.2) is 34.2 Å². The number of nitrogens with zero attached hydrogens (tertiary/aromatic N) is 4. The molecule has 1 rings (SSSR count). The normalized spacial score (nSPS) is 13.1. The summed E-state index contributed by atoms with van der Waals surface area (Å²) in [7, 11) is 1.71. The largest absolute Gasteiger partial charge is 0.339 e. The van der Waals surface area contributed by atoms with Gasteiger partial charge in [0, 0.05) is 19.3 Å². The number of rotatable bonds is 4. The Hall–Kier alpha value is -1.83. The highest BCUT2D eigenvalue weighted by Crippen LogP contribution is 2.24. The molecular formula is C16H26N4O. The number of hydrogen-bond acceptors (Lipinski definition) is 3. The second-order valence-corrected chi connectivity index (χ2v) is 6.91. The van der Waals surface area contributed by atoms with E-state index >= 15 is 0 Å². The number of hydrogen-bond donors (Lipinski definition) is 0. The van der Waals surface area contributed by atoms with Crippen LogP contribution in [0.3, 0.4) is 0 Å². The Morgan fingerprint density at radius 1 is 1.43 bits per heavy atom. The van der Waals surface area contributed by atoms with E-state index in [1.807, 2.05) is 10.7 Å². The number of carbonyl (C=O) groups excluding carboxylic acids is 1. The van der Waals surface area contributed by atoms with E-state index in [9.17, 15) is 4.79 Å². The first kappa shape index (κ1) is 17.2. The molecule has 116 valence electrons. The number of aromatic nitrogens is 2. The van der Waals surface area contributed by atoms with E-state index in [1.54, 1.807) is 18.9 Å². The van der Waals surface area contributed by atoms with Gasteiger partial charge in [-0.05, 0) is 39.7 Å². The summed E-state index contributed by atoms with van der Waals surface area (Å²) in [6, 6.07) is 4.01. The lowest BCUT2D eigenvalue weighted by Crippen LogP contribution is -2.31. The van der Waals surface area contributed by atoms with Gasteiger partial charge in [-0.25, -0.2) is 0 Å². The highest BCUT2D eigenvalue weighted by molar-refractivity contribution is 5.92. The summed E-state index contributed by atoms with van der Waals surface area (Å²) in [5.74, 6) is -0.0307. The highest BCUT2D eigenvalue weighted by atomic mass is 16.2. The van der Waals surface area contributed by atoms with Gasteiger partial charge in [0.05, 0.1) is 17.5 Å². The monoisotopic (exact) mass is 290 g/mol. The zero-order chi connectivity index (χ0) is 16.4. The highest BCUT2D eigenvalue weighted by Gasteiger charge is 2.25. The molecule has 0 aromatic carbocycles. The molecule has 0 bridgehead atoms. The van der Waals surface area contributed by atoms with Crippen molar-refractivity contribution < 1.29 is 4.79 Å². The van der Waals surface area contributed by atoms with Crippen LogP contribution in [0.25, 0.3) is 0 Å². The second-order valence-electron chi connectivity index (χ2n) is 6.91. The molecule has 0 N–H and O–H groups in total. The van der Waals surface area contributed by atoms with Gasteiger partial charge in [0.15, 0.2) is 5.69 Å². The SMILES string of the molecule is CC(C)c1cc(C(=O)N(C)C[C@H](C)C#N)nn1C(C)(C)C. The average Bonchev–Trinajstić information content (AvgIpc) is 2.82. The molecule has 0 unspecified atom stereocenters. The Morgan fingerprint density at radius 3 is 2.38 bits per heavy atom. The molecule has 21 heavy (non-hydrogen) atoms. The molecule has 5 heteroatoms. The average molecular weight is 290 g/mol. The van der Waals surface area contributed by atoms with Crippen LogP contribution in [0.1, 0.15) is 63.6 Å². The molecule has 0 aliphatic heterocycles. The van der Waals surface area contributed by atoms with Gasteiger partial charge in [-0.3, -0.25) is 9.48 Å². The van der Waals surface area contributed by atoms with Gasteiger partial charge in [-0.15, -0.1) is 0 Å². The zero-order valence-electron chi connectivity index (χ0n) is 14.1. The summed E-state index contributed by atoms with van der Waals surface area (Å²) in [5.41, 5.74) is 1.32. The van der Waals surface area contributed by atoms with Gasteiger partial charge in [0.2, 0.25) is 0 Å². The lowest BCUT2D eigenvalue weighted by molar-refractivity contribution is 0.0777. The Labute approximate surface area is 127 Å². The number of amides is 1. The quantitative estimate of drug-likeness (QED) is 0.856. The molecule has 1 aromatic rings. The van der Waals surface area contributed by atoms with Crippen molar-refractivity contribution in [3.05, 3.63) is 17.5 Å². The molecular weight excluding hydrogens is 264 g/mol. The zero-order valence-corrected chi connectivity index (χ0v) is 14.1. The van der Waals surface area contributed by atoms with Crippen LogP contribution in [0.5, 0.6) is 0 Å². The first-order chi connectivity index (χ1) is 9.57. The van der Waals surface area contributed by atoms with Crippen molar-refractivity contribution in [2.24, 2.45) is 5.92 Å². The Kier molecular flexibility index (Phi) is 5.16. The van der Waals surface area contributed by atoms with Gasteiger partial charge in [0.25, 0.3) is 5.91 Å². The van der Waals surface area contributed by atoms with Gasteiger partial charge in [-0.1, -0.05) is 13.8 Å². The minimum Gasteiger partial charge on any atom is -0.339 e. The fraction of sp³-hybridized carbons (Fsp3) is 0.688. The Balaban J connectivity index is 3.10. The maximum atomic E-state index is 12.5. The summed E-state index contributed by atoms with van der Waals surface area (Å²) in [5, 5.41) is 13.4. The smallest absolute Gasteiger partial charge is 0.274 e. The third-order valence-corrected chi connectivity index (χ3v) is 3.30. The van der Waals surface area contributed by atoms with Crippen molar-refractivity contribution in [2.75, 3.05) is 13.6 Å². The molecule has 1 aromatic heterocycles. The molecule has 1 heterocycles.